The van der Waals surface area contributed by atoms with E-state index in [0.717, 1.165) is 16.4 Å². The molecule has 3 rings (SSSR count). The van der Waals surface area contributed by atoms with Crippen molar-refractivity contribution >= 4 is 61.0 Å². The standard InChI is InChI=1S/C14H12BrClFIN2/c15-10-9(18)6-8-12(11(10)17)19-14(20-13(8)16)7-4-2-1-3-5-7/h6-7H,1-5H2. The predicted octanol–water partition coefficient (Wildman–Crippen LogP) is 5.84. The quantitative estimate of drug-likeness (QED) is 0.298. The average molecular weight is 470 g/mol. The van der Waals surface area contributed by atoms with Crippen LogP contribution < -0.4 is 0 Å². The summed E-state index contributed by atoms with van der Waals surface area (Å²) in [5.74, 6) is 0.644. The molecule has 0 bridgehead atoms. The van der Waals surface area contributed by atoms with Gasteiger partial charge in [-0.2, -0.15) is 0 Å². The molecule has 106 valence electrons. The highest BCUT2D eigenvalue weighted by Crippen LogP contribution is 2.35. The summed E-state index contributed by atoms with van der Waals surface area (Å²) < 4.78 is 15.6. The topological polar surface area (TPSA) is 25.8 Å². The van der Waals surface area contributed by atoms with E-state index in [1.54, 1.807) is 0 Å². The van der Waals surface area contributed by atoms with Gasteiger partial charge in [-0.25, -0.2) is 14.4 Å². The van der Waals surface area contributed by atoms with Gasteiger partial charge in [-0.15, -0.1) is 0 Å². The van der Waals surface area contributed by atoms with Crippen LogP contribution in [0.3, 0.4) is 0 Å². The Balaban J connectivity index is 2.17. The SMILES string of the molecule is Fc1c(Br)c(I)cc2c(Cl)nc(C3CCCCC3)nc12. The first-order valence-corrected chi connectivity index (χ1v) is 8.83. The van der Waals surface area contributed by atoms with Crippen molar-refractivity contribution in [3.05, 3.63) is 30.9 Å². The van der Waals surface area contributed by atoms with Crippen molar-refractivity contribution in [2.24, 2.45) is 0 Å². The fraction of sp³-hybridized carbons (Fsp3) is 0.429. The lowest BCUT2D eigenvalue weighted by molar-refractivity contribution is 0.429. The summed E-state index contributed by atoms with van der Waals surface area (Å²) >= 11 is 11.6. The van der Waals surface area contributed by atoms with E-state index in [0.29, 0.717) is 32.3 Å². The van der Waals surface area contributed by atoms with Crippen LogP contribution >= 0.6 is 50.1 Å². The van der Waals surface area contributed by atoms with Gasteiger partial charge in [0.1, 0.15) is 16.5 Å². The van der Waals surface area contributed by atoms with Crippen LogP contribution in [0.2, 0.25) is 5.15 Å². The second-order valence-corrected chi connectivity index (χ2v) is 7.40. The molecule has 20 heavy (non-hydrogen) atoms. The Bertz CT molecular complexity index is 674. The summed E-state index contributed by atoms with van der Waals surface area (Å²) in [6.07, 6.45) is 5.75. The van der Waals surface area contributed by atoms with Gasteiger partial charge in [0, 0.05) is 14.9 Å². The number of benzene rings is 1. The molecule has 1 fully saturated rings. The monoisotopic (exact) mass is 468 g/mol. The maximum absolute atomic E-state index is 14.4. The van der Waals surface area contributed by atoms with E-state index in [-0.39, 0.29) is 5.82 Å². The van der Waals surface area contributed by atoms with Gasteiger partial charge >= 0.3 is 0 Å². The van der Waals surface area contributed by atoms with Crippen molar-refractivity contribution in [3.63, 3.8) is 0 Å². The molecule has 1 saturated carbocycles. The van der Waals surface area contributed by atoms with Crippen LogP contribution in [0.15, 0.2) is 10.5 Å². The minimum Gasteiger partial charge on any atom is -0.229 e. The van der Waals surface area contributed by atoms with Gasteiger partial charge < -0.3 is 0 Å². The highest BCUT2D eigenvalue weighted by molar-refractivity contribution is 14.1. The molecule has 6 heteroatoms. The van der Waals surface area contributed by atoms with E-state index in [4.69, 9.17) is 11.6 Å². The van der Waals surface area contributed by atoms with Gasteiger partial charge in [-0.05, 0) is 57.4 Å². The van der Waals surface area contributed by atoms with Gasteiger partial charge in [-0.3, -0.25) is 0 Å². The van der Waals surface area contributed by atoms with Gasteiger partial charge in [0.2, 0.25) is 0 Å². The molecule has 0 amide bonds. The maximum atomic E-state index is 14.4. The molecule has 0 spiro atoms. The highest BCUT2D eigenvalue weighted by Gasteiger charge is 2.22. The van der Waals surface area contributed by atoms with Crippen LogP contribution in [-0.2, 0) is 0 Å². The van der Waals surface area contributed by atoms with E-state index in [1.807, 2.05) is 6.07 Å². The molecule has 0 unspecified atom stereocenters. The van der Waals surface area contributed by atoms with Crippen LogP contribution in [0.25, 0.3) is 10.9 Å². The molecule has 1 aromatic carbocycles. The van der Waals surface area contributed by atoms with Crippen molar-refractivity contribution in [1.82, 2.24) is 9.97 Å². The van der Waals surface area contributed by atoms with Crippen molar-refractivity contribution in [1.29, 1.82) is 0 Å². The minimum absolute atomic E-state index is 0.308. The average Bonchev–Trinajstić information content (AvgIpc) is 2.47. The minimum atomic E-state index is -0.353. The van der Waals surface area contributed by atoms with E-state index in [2.05, 4.69) is 48.5 Å². The predicted molar refractivity (Wildman–Crippen MR) is 90.7 cm³/mol. The summed E-state index contributed by atoms with van der Waals surface area (Å²) in [7, 11) is 0. The molecule has 1 aromatic heterocycles. The van der Waals surface area contributed by atoms with Crippen LogP contribution in [-0.4, -0.2) is 9.97 Å². The molecule has 0 saturated heterocycles. The van der Waals surface area contributed by atoms with Crippen LogP contribution in [0.4, 0.5) is 4.39 Å². The number of halogens is 4. The fourth-order valence-corrected chi connectivity index (χ4v) is 3.78. The Labute approximate surface area is 143 Å². The summed E-state index contributed by atoms with van der Waals surface area (Å²) in [5, 5.41) is 0.927. The molecule has 0 aliphatic heterocycles. The Hall–Kier alpha value is -0.0100. The lowest BCUT2D eigenvalue weighted by Gasteiger charge is -2.20. The molecule has 1 heterocycles. The second-order valence-electron chi connectivity index (χ2n) is 5.09. The van der Waals surface area contributed by atoms with E-state index >= 15 is 0 Å². The van der Waals surface area contributed by atoms with E-state index < -0.39 is 0 Å². The molecule has 2 nitrogen and oxygen atoms in total. The van der Waals surface area contributed by atoms with Gasteiger partial charge in [0.05, 0.1) is 4.47 Å². The normalized spacial score (nSPS) is 16.8. The number of fused-ring (bicyclic) bond motifs is 1. The number of rotatable bonds is 1. The van der Waals surface area contributed by atoms with Gasteiger partial charge in [-0.1, -0.05) is 30.9 Å². The molecule has 0 atom stereocenters. The molecule has 1 aliphatic carbocycles. The first kappa shape index (κ1) is 14.9. The molecular weight excluding hydrogens is 457 g/mol. The summed E-state index contributed by atoms with van der Waals surface area (Å²) in [5.41, 5.74) is 0.317. The smallest absolute Gasteiger partial charge is 0.164 e. The lowest BCUT2D eigenvalue weighted by atomic mass is 9.88. The van der Waals surface area contributed by atoms with Crippen LogP contribution in [0, 0.1) is 9.39 Å². The molecule has 0 N–H and O–H groups in total. The Morgan fingerprint density at radius 2 is 1.95 bits per heavy atom. The Morgan fingerprint density at radius 3 is 2.65 bits per heavy atom. The Kier molecular flexibility index (Phi) is 4.48. The molecule has 2 aromatic rings. The van der Waals surface area contributed by atoms with Crippen molar-refractivity contribution in [3.8, 4) is 0 Å². The number of nitrogens with zero attached hydrogens (tertiary/aromatic N) is 2. The van der Waals surface area contributed by atoms with Crippen molar-refractivity contribution in [2.75, 3.05) is 0 Å². The van der Waals surface area contributed by atoms with Crippen molar-refractivity contribution in [2.45, 2.75) is 38.0 Å². The number of hydrogen-bond acceptors (Lipinski definition) is 2. The summed E-state index contributed by atoms with van der Waals surface area (Å²) in [6, 6.07) is 1.82. The van der Waals surface area contributed by atoms with Gasteiger partial charge in [0.25, 0.3) is 0 Å². The zero-order valence-electron chi connectivity index (χ0n) is 10.6. The van der Waals surface area contributed by atoms with Crippen molar-refractivity contribution < 1.29 is 4.39 Å². The first-order chi connectivity index (χ1) is 9.58. The third-order valence-electron chi connectivity index (χ3n) is 3.77. The largest absolute Gasteiger partial charge is 0.229 e. The summed E-state index contributed by atoms with van der Waals surface area (Å²) in [4.78, 5) is 8.86. The van der Waals surface area contributed by atoms with Crippen LogP contribution in [0.1, 0.15) is 43.8 Å². The highest BCUT2D eigenvalue weighted by atomic mass is 127. The summed E-state index contributed by atoms with van der Waals surface area (Å²) in [6.45, 7) is 0. The second kappa shape index (κ2) is 6.01. The van der Waals surface area contributed by atoms with E-state index in [9.17, 15) is 4.39 Å². The van der Waals surface area contributed by atoms with E-state index in [1.165, 1.54) is 19.3 Å². The molecule has 0 radical (unpaired) electrons. The third-order valence-corrected chi connectivity index (χ3v) is 6.42. The van der Waals surface area contributed by atoms with Crippen LogP contribution in [0.5, 0.6) is 0 Å². The first-order valence-electron chi connectivity index (χ1n) is 6.58. The number of aromatic nitrogens is 2. The maximum Gasteiger partial charge on any atom is 0.164 e. The Morgan fingerprint density at radius 1 is 1.25 bits per heavy atom. The molecular formula is C14H12BrClFIN2. The zero-order valence-corrected chi connectivity index (χ0v) is 15.1. The third kappa shape index (κ3) is 2.68. The lowest BCUT2D eigenvalue weighted by Crippen LogP contribution is -2.09. The van der Waals surface area contributed by atoms with Gasteiger partial charge in [0.15, 0.2) is 5.82 Å². The molecule has 1 aliphatic rings. The number of hydrogen-bond donors (Lipinski definition) is 0. The fourth-order valence-electron chi connectivity index (χ4n) is 2.70. The zero-order chi connectivity index (χ0) is 14.3.